The molecule has 0 aromatic carbocycles. The normalized spacial score (nSPS) is 11.8. The summed E-state index contributed by atoms with van der Waals surface area (Å²) in [6.45, 7) is 7.88. The van der Waals surface area contributed by atoms with Crippen molar-refractivity contribution < 1.29 is 4.39 Å². The summed E-state index contributed by atoms with van der Waals surface area (Å²) in [5.41, 5.74) is 3.98. The highest BCUT2D eigenvalue weighted by atomic mass is 19.1. The van der Waals surface area contributed by atoms with Crippen molar-refractivity contribution in [3.8, 4) is 6.07 Å². The summed E-state index contributed by atoms with van der Waals surface area (Å²) in [4.78, 5) is 8.51. The number of aromatic nitrogens is 2. The van der Waals surface area contributed by atoms with Crippen molar-refractivity contribution in [1.29, 1.82) is 10.7 Å². The van der Waals surface area contributed by atoms with E-state index in [9.17, 15) is 9.65 Å². The molecule has 2 aromatic heterocycles. The third-order valence-corrected chi connectivity index (χ3v) is 4.20. The van der Waals surface area contributed by atoms with Gasteiger partial charge in [-0.3, -0.25) is 4.98 Å². The zero-order valence-electron chi connectivity index (χ0n) is 17.8. The van der Waals surface area contributed by atoms with E-state index >= 15 is 0 Å². The summed E-state index contributed by atoms with van der Waals surface area (Å²) in [5, 5.41) is 22.8. The Labute approximate surface area is 182 Å². The summed E-state index contributed by atoms with van der Waals surface area (Å²) in [6.07, 6.45) is 11.3. The number of anilines is 1. The van der Waals surface area contributed by atoms with Gasteiger partial charge in [0.15, 0.2) is 11.6 Å². The summed E-state index contributed by atoms with van der Waals surface area (Å²) in [7, 11) is 1.68. The van der Waals surface area contributed by atoms with Gasteiger partial charge < -0.3 is 16.0 Å². The molecular formula is C24H25FN6. The zero-order chi connectivity index (χ0) is 22.8. The van der Waals surface area contributed by atoms with E-state index in [1.54, 1.807) is 19.3 Å². The van der Waals surface area contributed by atoms with E-state index < -0.39 is 5.82 Å². The van der Waals surface area contributed by atoms with Crippen molar-refractivity contribution in [2.75, 3.05) is 12.4 Å². The molecule has 2 rings (SSSR count). The second kappa shape index (κ2) is 11.2. The lowest BCUT2D eigenvalue weighted by atomic mass is 10.0. The van der Waals surface area contributed by atoms with Crippen LogP contribution in [0.25, 0.3) is 11.1 Å². The Morgan fingerprint density at radius 2 is 2.13 bits per heavy atom. The SMILES string of the molecule is C=C(C)/C=C(\C=C/C)c1ncc(CNc2nccc(/C(C=N)=C/NC)c2F)cc1C#N. The predicted octanol–water partition coefficient (Wildman–Crippen LogP) is 4.84. The first-order valence-electron chi connectivity index (χ1n) is 9.61. The molecule has 0 saturated carbocycles. The second-order valence-electron chi connectivity index (χ2n) is 6.70. The number of rotatable bonds is 9. The van der Waals surface area contributed by atoms with Crippen LogP contribution in [0.4, 0.5) is 10.2 Å². The van der Waals surface area contributed by atoms with Crippen molar-refractivity contribution in [3.63, 3.8) is 0 Å². The molecule has 0 fully saturated rings. The van der Waals surface area contributed by atoms with Gasteiger partial charge in [0.2, 0.25) is 0 Å². The van der Waals surface area contributed by atoms with Gasteiger partial charge in [-0.15, -0.1) is 0 Å². The number of hydrogen-bond acceptors (Lipinski definition) is 6. The Balaban J connectivity index is 2.32. The first kappa shape index (κ1) is 23.2. The molecule has 2 heterocycles. The van der Waals surface area contributed by atoms with Gasteiger partial charge in [0.1, 0.15) is 6.07 Å². The number of hydrogen-bond donors (Lipinski definition) is 3. The third-order valence-electron chi connectivity index (χ3n) is 4.20. The molecular weight excluding hydrogens is 391 g/mol. The van der Waals surface area contributed by atoms with Crippen molar-refractivity contribution in [2.45, 2.75) is 20.4 Å². The molecule has 31 heavy (non-hydrogen) atoms. The predicted molar refractivity (Wildman–Crippen MR) is 124 cm³/mol. The van der Waals surface area contributed by atoms with Crippen molar-refractivity contribution in [1.82, 2.24) is 15.3 Å². The molecule has 0 amide bonds. The van der Waals surface area contributed by atoms with Crippen LogP contribution in [0.5, 0.6) is 0 Å². The minimum Gasteiger partial charge on any atom is -0.393 e. The second-order valence-corrected chi connectivity index (χ2v) is 6.70. The molecule has 0 aliphatic heterocycles. The van der Waals surface area contributed by atoms with Crippen LogP contribution in [-0.2, 0) is 6.54 Å². The van der Waals surface area contributed by atoms with Gasteiger partial charge in [-0.25, -0.2) is 9.37 Å². The first-order chi connectivity index (χ1) is 14.9. The van der Waals surface area contributed by atoms with Gasteiger partial charge in [-0.1, -0.05) is 30.4 Å². The quantitative estimate of drug-likeness (QED) is 0.401. The van der Waals surface area contributed by atoms with Crippen LogP contribution in [0.15, 0.2) is 61.1 Å². The van der Waals surface area contributed by atoms with E-state index in [4.69, 9.17) is 5.41 Å². The fourth-order valence-corrected chi connectivity index (χ4v) is 2.89. The Morgan fingerprint density at radius 1 is 1.35 bits per heavy atom. The van der Waals surface area contributed by atoms with Gasteiger partial charge in [0.05, 0.1) is 11.3 Å². The lowest BCUT2D eigenvalue weighted by molar-refractivity contribution is 0.621. The van der Waals surface area contributed by atoms with Gasteiger partial charge >= 0.3 is 0 Å². The minimum atomic E-state index is -0.558. The molecule has 0 aliphatic carbocycles. The first-order valence-corrected chi connectivity index (χ1v) is 9.61. The average molecular weight is 417 g/mol. The molecule has 7 heteroatoms. The van der Waals surface area contributed by atoms with E-state index in [-0.39, 0.29) is 17.9 Å². The lowest BCUT2D eigenvalue weighted by Crippen LogP contribution is -2.07. The lowest BCUT2D eigenvalue weighted by Gasteiger charge is -2.11. The minimum absolute atomic E-state index is 0.0562. The molecule has 3 N–H and O–H groups in total. The van der Waals surface area contributed by atoms with Gasteiger partial charge in [0, 0.05) is 55.1 Å². The Bertz CT molecular complexity index is 1110. The van der Waals surface area contributed by atoms with Crippen molar-refractivity contribution in [3.05, 3.63) is 89.3 Å². The van der Waals surface area contributed by atoms with E-state index in [0.717, 1.165) is 17.4 Å². The standard InChI is InChI=1S/C24H25FN6/c1-5-6-18(9-16(2)3)23-19(11-26)10-17(13-30-23)14-31-24-22(25)21(7-8-29-24)20(12-27)15-28-4/h5-10,12-13,15,27-28H,2,14H2,1,3-4H3,(H,29,31)/b6-5-,18-9+,20-15+,27-12?. The molecule has 0 bridgehead atoms. The third kappa shape index (κ3) is 5.97. The number of halogens is 1. The molecule has 0 radical (unpaired) electrons. The fraction of sp³-hybridized carbons (Fsp3) is 0.167. The van der Waals surface area contributed by atoms with Crippen molar-refractivity contribution >= 4 is 23.2 Å². The van der Waals surface area contributed by atoms with E-state index in [1.165, 1.54) is 18.5 Å². The highest BCUT2D eigenvalue weighted by Gasteiger charge is 2.13. The van der Waals surface area contributed by atoms with E-state index in [1.807, 2.05) is 32.1 Å². The summed E-state index contributed by atoms with van der Waals surface area (Å²) >= 11 is 0. The van der Waals surface area contributed by atoms with E-state index in [2.05, 4.69) is 33.2 Å². The Kier molecular flexibility index (Phi) is 8.41. The smallest absolute Gasteiger partial charge is 0.173 e. The van der Waals surface area contributed by atoms with Crippen LogP contribution in [0.2, 0.25) is 0 Å². The summed E-state index contributed by atoms with van der Waals surface area (Å²) in [6, 6.07) is 5.41. The summed E-state index contributed by atoms with van der Waals surface area (Å²) < 4.78 is 14.9. The molecule has 2 aromatic rings. The van der Waals surface area contributed by atoms with Gasteiger partial charge in [0.25, 0.3) is 0 Å². The van der Waals surface area contributed by atoms with Crippen LogP contribution >= 0.6 is 0 Å². The zero-order valence-corrected chi connectivity index (χ0v) is 17.8. The maximum Gasteiger partial charge on any atom is 0.173 e. The van der Waals surface area contributed by atoms with Crippen LogP contribution in [0.1, 0.15) is 36.2 Å². The van der Waals surface area contributed by atoms with Crippen molar-refractivity contribution in [2.24, 2.45) is 0 Å². The van der Waals surface area contributed by atoms with Crippen LogP contribution in [0.3, 0.4) is 0 Å². The molecule has 0 spiro atoms. The number of pyridine rings is 2. The highest BCUT2D eigenvalue weighted by molar-refractivity contribution is 6.08. The molecule has 6 nitrogen and oxygen atoms in total. The van der Waals surface area contributed by atoms with Crippen LogP contribution in [-0.4, -0.2) is 23.2 Å². The Morgan fingerprint density at radius 3 is 2.74 bits per heavy atom. The monoisotopic (exact) mass is 416 g/mol. The van der Waals surface area contributed by atoms with Crippen LogP contribution in [0, 0.1) is 22.6 Å². The molecule has 0 unspecified atom stereocenters. The number of nitrogens with zero attached hydrogens (tertiary/aromatic N) is 3. The molecule has 0 atom stereocenters. The maximum absolute atomic E-state index is 14.9. The van der Waals surface area contributed by atoms with Gasteiger partial charge in [-0.2, -0.15) is 5.26 Å². The molecule has 158 valence electrons. The van der Waals surface area contributed by atoms with E-state index in [0.29, 0.717) is 22.4 Å². The molecule has 0 saturated heterocycles. The number of nitriles is 1. The topological polar surface area (TPSA) is 97.5 Å². The number of nitrogens with one attached hydrogen (secondary N) is 3. The maximum atomic E-state index is 14.9. The fourth-order valence-electron chi connectivity index (χ4n) is 2.89. The van der Waals surface area contributed by atoms with Crippen LogP contribution < -0.4 is 10.6 Å². The largest absolute Gasteiger partial charge is 0.393 e. The molecule has 0 aliphatic rings. The number of allylic oxidation sites excluding steroid dienone is 6. The van der Waals surface area contributed by atoms with Gasteiger partial charge in [-0.05, 0) is 31.5 Å². The Hall–Kier alpha value is -4.05. The average Bonchev–Trinajstić information content (AvgIpc) is 2.76. The highest BCUT2D eigenvalue weighted by Crippen LogP contribution is 2.23. The summed E-state index contributed by atoms with van der Waals surface area (Å²) in [5.74, 6) is -0.502.